The number of ether oxygens (including phenoxy) is 1. The number of carbonyl (C=O) groups is 1. The van der Waals surface area contributed by atoms with Gasteiger partial charge in [-0.15, -0.1) is 10.2 Å². The Bertz CT molecular complexity index is 1140. The van der Waals surface area contributed by atoms with Gasteiger partial charge in [-0.1, -0.05) is 49.0 Å². The van der Waals surface area contributed by atoms with Crippen molar-refractivity contribution in [1.82, 2.24) is 19.7 Å². The topological polar surface area (TPSA) is 115 Å². The zero-order chi connectivity index (χ0) is 24.7. The van der Waals surface area contributed by atoms with Crippen LogP contribution in [0, 0.1) is 10.1 Å². The smallest absolute Gasteiger partial charge is 0.271 e. The number of thioether (sulfide) groups is 1. The van der Waals surface area contributed by atoms with Gasteiger partial charge in [-0.3, -0.25) is 19.8 Å². The van der Waals surface area contributed by atoms with E-state index in [4.69, 9.17) is 4.74 Å². The summed E-state index contributed by atoms with van der Waals surface area (Å²) in [5.74, 6) is 0.895. The molecular weight excluding hydrogens is 456 g/mol. The molecule has 3 rings (SSSR count). The number of nitro benzene ring substituents is 1. The van der Waals surface area contributed by atoms with E-state index in [2.05, 4.69) is 27.3 Å². The number of amides is 1. The van der Waals surface area contributed by atoms with Crippen molar-refractivity contribution in [2.24, 2.45) is 0 Å². The number of methoxy groups -OCH3 is 1. The number of hydrogen-bond acceptors (Lipinski definition) is 8. The Labute approximate surface area is 202 Å². The van der Waals surface area contributed by atoms with Gasteiger partial charge in [0.05, 0.1) is 36.1 Å². The third-order valence-corrected chi connectivity index (χ3v) is 6.20. The summed E-state index contributed by atoms with van der Waals surface area (Å²) in [5, 5.41) is 23.2. The SMILES string of the molecule is CC[C@H](c1nnc(SCC(=O)Nc2cc([N+](=O)[O-])ccc2OC)n1Cc1ccccc1)N(C)C. The summed E-state index contributed by atoms with van der Waals surface area (Å²) in [5.41, 5.74) is 1.21. The van der Waals surface area contributed by atoms with Gasteiger partial charge in [-0.25, -0.2) is 0 Å². The summed E-state index contributed by atoms with van der Waals surface area (Å²) in [7, 11) is 5.44. The van der Waals surface area contributed by atoms with Crippen LogP contribution < -0.4 is 10.1 Å². The highest BCUT2D eigenvalue weighted by Gasteiger charge is 2.23. The zero-order valence-corrected chi connectivity index (χ0v) is 20.4. The lowest BCUT2D eigenvalue weighted by Crippen LogP contribution is -2.23. The summed E-state index contributed by atoms with van der Waals surface area (Å²) in [6.07, 6.45) is 0.859. The Hall–Kier alpha value is -3.44. The minimum absolute atomic E-state index is 0.0531. The summed E-state index contributed by atoms with van der Waals surface area (Å²) in [4.78, 5) is 25.4. The van der Waals surface area contributed by atoms with Gasteiger partial charge < -0.3 is 14.6 Å². The van der Waals surface area contributed by atoms with Gasteiger partial charge in [0, 0.05) is 12.1 Å². The molecule has 34 heavy (non-hydrogen) atoms. The highest BCUT2D eigenvalue weighted by Crippen LogP contribution is 2.30. The standard InChI is InChI=1S/C23H28N6O4S/c1-5-19(27(2)3)22-25-26-23(28(22)14-16-9-7-6-8-10-16)34-15-21(30)24-18-13-17(29(31)32)11-12-20(18)33-4/h6-13,19H,5,14-15H2,1-4H3,(H,24,30)/t19-/m1/s1. The maximum Gasteiger partial charge on any atom is 0.271 e. The Balaban J connectivity index is 1.80. The van der Waals surface area contributed by atoms with E-state index in [9.17, 15) is 14.9 Å². The predicted octanol–water partition coefficient (Wildman–Crippen LogP) is 3.99. The molecule has 11 heteroatoms. The average Bonchev–Trinajstić information content (AvgIpc) is 3.20. The van der Waals surface area contributed by atoms with E-state index in [1.807, 2.05) is 49.0 Å². The molecule has 0 aliphatic carbocycles. The van der Waals surface area contributed by atoms with Crippen LogP contribution in [0.25, 0.3) is 0 Å². The van der Waals surface area contributed by atoms with Crippen molar-refractivity contribution in [2.75, 3.05) is 32.3 Å². The molecule has 1 N–H and O–H groups in total. The molecular formula is C23H28N6O4S. The van der Waals surface area contributed by atoms with Crippen LogP contribution in [0.3, 0.4) is 0 Å². The van der Waals surface area contributed by atoms with E-state index < -0.39 is 4.92 Å². The van der Waals surface area contributed by atoms with E-state index in [-0.39, 0.29) is 29.1 Å². The van der Waals surface area contributed by atoms with Crippen LogP contribution in [-0.2, 0) is 11.3 Å². The minimum atomic E-state index is -0.521. The van der Waals surface area contributed by atoms with Gasteiger partial charge >= 0.3 is 0 Å². The lowest BCUT2D eigenvalue weighted by molar-refractivity contribution is -0.384. The van der Waals surface area contributed by atoms with Crippen molar-refractivity contribution in [3.8, 4) is 5.75 Å². The van der Waals surface area contributed by atoms with Gasteiger partial charge in [0.2, 0.25) is 5.91 Å². The molecule has 1 aromatic heterocycles. The normalized spacial score (nSPS) is 11.9. The lowest BCUT2D eigenvalue weighted by atomic mass is 10.2. The third kappa shape index (κ3) is 6.12. The molecule has 0 saturated heterocycles. The third-order valence-electron chi connectivity index (χ3n) is 5.24. The molecule has 0 spiro atoms. The molecule has 0 bridgehead atoms. The Morgan fingerprint density at radius 3 is 2.59 bits per heavy atom. The molecule has 0 saturated carbocycles. The van der Waals surface area contributed by atoms with E-state index in [0.717, 1.165) is 17.8 Å². The fraction of sp³-hybridized carbons (Fsp3) is 0.348. The van der Waals surface area contributed by atoms with Gasteiger partial charge in [-0.05, 0) is 32.1 Å². The van der Waals surface area contributed by atoms with Crippen molar-refractivity contribution in [1.29, 1.82) is 0 Å². The number of nitro groups is 1. The van der Waals surface area contributed by atoms with Crippen molar-refractivity contribution in [2.45, 2.75) is 31.1 Å². The summed E-state index contributed by atoms with van der Waals surface area (Å²) < 4.78 is 7.26. The van der Waals surface area contributed by atoms with Gasteiger partial charge in [0.25, 0.3) is 5.69 Å². The highest BCUT2D eigenvalue weighted by molar-refractivity contribution is 7.99. The molecule has 0 radical (unpaired) electrons. The first kappa shape index (κ1) is 25.2. The summed E-state index contributed by atoms with van der Waals surface area (Å²) in [6, 6.07) is 14.1. The average molecular weight is 485 g/mol. The number of benzene rings is 2. The molecule has 0 aliphatic heterocycles. The second-order valence-corrected chi connectivity index (χ2v) is 8.72. The predicted molar refractivity (Wildman–Crippen MR) is 131 cm³/mol. The number of nitrogens with zero attached hydrogens (tertiary/aromatic N) is 5. The van der Waals surface area contributed by atoms with Crippen molar-refractivity contribution < 1.29 is 14.5 Å². The highest BCUT2D eigenvalue weighted by atomic mass is 32.2. The fourth-order valence-electron chi connectivity index (χ4n) is 3.57. The molecule has 0 unspecified atom stereocenters. The zero-order valence-electron chi connectivity index (χ0n) is 19.6. The summed E-state index contributed by atoms with van der Waals surface area (Å²) >= 11 is 1.26. The molecule has 1 atom stereocenters. The van der Waals surface area contributed by atoms with Crippen molar-refractivity contribution in [3.63, 3.8) is 0 Å². The van der Waals surface area contributed by atoms with Gasteiger partial charge in [0.15, 0.2) is 11.0 Å². The lowest BCUT2D eigenvalue weighted by Gasteiger charge is -2.23. The molecule has 180 valence electrons. The van der Waals surface area contributed by atoms with Crippen LogP contribution in [0.4, 0.5) is 11.4 Å². The molecule has 0 fully saturated rings. The Morgan fingerprint density at radius 1 is 1.24 bits per heavy atom. The van der Waals surface area contributed by atoms with E-state index in [1.54, 1.807) is 0 Å². The van der Waals surface area contributed by atoms with Crippen LogP contribution in [0.5, 0.6) is 5.75 Å². The fourth-order valence-corrected chi connectivity index (χ4v) is 4.32. The Morgan fingerprint density at radius 2 is 1.97 bits per heavy atom. The first-order chi connectivity index (χ1) is 16.3. The molecule has 10 nitrogen and oxygen atoms in total. The van der Waals surface area contributed by atoms with Crippen LogP contribution in [-0.4, -0.2) is 57.5 Å². The van der Waals surface area contributed by atoms with Gasteiger partial charge in [0.1, 0.15) is 5.75 Å². The molecule has 1 heterocycles. The van der Waals surface area contributed by atoms with Crippen molar-refractivity contribution >= 4 is 29.0 Å². The Kier molecular flexibility index (Phi) is 8.61. The molecule has 0 aliphatic rings. The van der Waals surface area contributed by atoms with E-state index >= 15 is 0 Å². The van der Waals surface area contributed by atoms with Crippen LogP contribution in [0.2, 0.25) is 0 Å². The quantitative estimate of drug-likeness (QED) is 0.247. The number of non-ortho nitro benzene ring substituents is 1. The maximum atomic E-state index is 12.7. The van der Waals surface area contributed by atoms with Crippen LogP contribution >= 0.6 is 11.8 Å². The van der Waals surface area contributed by atoms with Crippen LogP contribution in [0.1, 0.15) is 30.8 Å². The largest absolute Gasteiger partial charge is 0.495 e. The van der Waals surface area contributed by atoms with E-state index in [0.29, 0.717) is 17.5 Å². The first-order valence-electron chi connectivity index (χ1n) is 10.7. The monoisotopic (exact) mass is 484 g/mol. The number of hydrogen-bond donors (Lipinski definition) is 1. The molecule has 1 amide bonds. The second kappa shape index (κ2) is 11.6. The maximum absolute atomic E-state index is 12.7. The van der Waals surface area contributed by atoms with Crippen molar-refractivity contribution in [3.05, 3.63) is 70.0 Å². The first-order valence-corrected chi connectivity index (χ1v) is 11.7. The number of aromatic nitrogens is 3. The van der Waals surface area contributed by atoms with Gasteiger partial charge in [-0.2, -0.15) is 0 Å². The number of rotatable bonds is 11. The molecule has 3 aromatic rings. The molecule has 2 aromatic carbocycles. The van der Waals surface area contributed by atoms with Crippen LogP contribution in [0.15, 0.2) is 53.7 Å². The minimum Gasteiger partial charge on any atom is -0.495 e. The summed E-state index contributed by atoms with van der Waals surface area (Å²) in [6.45, 7) is 2.68. The van der Waals surface area contributed by atoms with E-state index in [1.165, 1.54) is 37.1 Å². The number of nitrogens with one attached hydrogen (secondary N) is 1. The number of anilines is 1. The second-order valence-electron chi connectivity index (χ2n) is 7.78. The number of carbonyl (C=O) groups excluding carboxylic acids is 1.